The lowest BCUT2D eigenvalue weighted by Gasteiger charge is -2.46. The van der Waals surface area contributed by atoms with Crippen LogP contribution in [0.2, 0.25) is 0 Å². The van der Waals surface area contributed by atoms with Crippen LogP contribution in [0.15, 0.2) is 18.2 Å². The molecule has 1 saturated carbocycles. The lowest BCUT2D eigenvalue weighted by Crippen LogP contribution is -2.56. The molecule has 3 aliphatic rings. The van der Waals surface area contributed by atoms with Crippen LogP contribution in [0.4, 0.5) is 4.79 Å². The predicted molar refractivity (Wildman–Crippen MR) is 100 cm³/mol. The fourth-order valence-corrected chi connectivity index (χ4v) is 5.37. The second kappa shape index (κ2) is 6.87. The van der Waals surface area contributed by atoms with E-state index >= 15 is 0 Å². The van der Waals surface area contributed by atoms with Crippen molar-refractivity contribution < 1.29 is 19.1 Å². The molecule has 7 heteroatoms. The topological polar surface area (TPSA) is 91.7 Å². The number of amides is 3. The molecule has 2 spiro atoms. The average molecular weight is 383 g/mol. The molecular formula is C21H25N3O4. The smallest absolute Gasteiger partial charge is 0.325 e. The Morgan fingerprint density at radius 3 is 2.68 bits per heavy atom. The van der Waals surface area contributed by atoms with Crippen molar-refractivity contribution in [1.29, 1.82) is 5.26 Å². The summed E-state index contributed by atoms with van der Waals surface area (Å²) in [5.41, 5.74) is 0.807. The third kappa shape index (κ3) is 2.48. The lowest BCUT2D eigenvalue weighted by molar-refractivity contribution is -0.139. The van der Waals surface area contributed by atoms with E-state index in [9.17, 15) is 14.9 Å². The number of nitrogens with zero attached hydrogens (tertiary/aromatic N) is 2. The van der Waals surface area contributed by atoms with E-state index in [0.29, 0.717) is 18.6 Å². The van der Waals surface area contributed by atoms with Gasteiger partial charge in [-0.05, 0) is 55.4 Å². The molecule has 2 fully saturated rings. The van der Waals surface area contributed by atoms with Gasteiger partial charge in [-0.3, -0.25) is 9.69 Å². The summed E-state index contributed by atoms with van der Waals surface area (Å²) in [7, 11) is 3.27. The molecule has 1 unspecified atom stereocenters. The summed E-state index contributed by atoms with van der Waals surface area (Å²) in [4.78, 5) is 27.8. The van der Waals surface area contributed by atoms with Crippen molar-refractivity contribution in [3.63, 3.8) is 0 Å². The number of hydrogen-bond donors (Lipinski definition) is 1. The van der Waals surface area contributed by atoms with Crippen molar-refractivity contribution in [3.8, 4) is 6.07 Å². The summed E-state index contributed by atoms with van der Waals surface area (Å²) in [6, 6.07) is 7.29. The molecule has 4 rings (SSSR count). The zero-order valence-corrected chi connectivity index (χ0v) is 16.3. The fourth-order valence-electron chi connectivity index (χ4n) is 5.37. The van der Waals surface area contributed by atoms with E-state index in [1.54, 1.807) is 26.4 Å². The third-order valence-corrected chi connectivity index (χ3v) is 6.81. The summed E-state index contributed by atoms with van der Waals surface area (Å²) in [6.45, 7) is 0.506. The van der Waals surface area contributed by atoms with Gasteiger partial charge >= 0.3 is 6.03 Å². The molecule has 2 aliphatic carbocycles. The van der Waals surface area contributed by atoms with Crippen LogP contribution < -0.4 is 5.32 Å². The SMILES string of the molecule is COCCN1C(=O)NC2(C1=O)c1cc(C#N)ccc1CC21CCC(OC)CC1. The Balaban J connectivity index is 1.82. The van der Waals surface area contributed by atoms with Gasteiger partial charge in [0.05, 0.1) is 30.9 Å². The molecule has 0 radical (unpaired) electrons. The number of fused-ring (bicyclic) bond motifs is 3. The first-order valence-corrected chi connectivity index (χ1v) is 9.70. The summed E-state index contributed by atoms with van der Waals surface area (Å²) in [6.07, 6.45) is 4.15. The first-order chi connectivity index (χ1) is 13.5. The first kappa shape index (κ1) is 18.9. The second-order valence-electron chi connectivity index (χ2n) is 8.01. The second-order valence-corrected chi connectivity index (χ2v) is 8.01. The van der Waals surface area contributed by atoms with E-state index in [2.05, 4.69) is 11.4 Å². The number of hydrogen-bond acceptors (Lipinski definition) is 5. The van der Waals surface area contributed by atoms with Crippen LogP contribution in [-0.4, -0.2) is 50.3 Å². The molecule has 7 nitrogen and oxygen atoms in total. The molecule has 1 aromatic rings. The highest BCUT2D eigenvalue weighted by atomic mass is 16.5. The van der Waals surface area contributed by atoms with Crippen molar-refractivity contribution in [2.45, 2.75) is 43.7 Å². The Kier molecular flexibility index (Phi) is 4.64. The van der Waals surface area contributed by atoms with Gasteiger partial charge in [0.15, 0.2) is 5.54 Å². The molecular weight excluding hydrogens is 358 g/mol. The van der Waals surface area contributed by atoms with Gasteiger partial charge in [0.1, 0.15) is 0 Å². The molecule has 1 N–H and O–H groups in total. The number of ether oxygens (including phenoxy) is 2. The van der Waals surface area contributed by atoms with E-state index in [1.165, 1.54) is 4.90 Å². The van der Waals surface area contributed by atoms with E-state index in [0.717, 1.165) is 36.8 Å². The van der Waals surface area contributed by atoms with Gasteiger partial charge < -0.3 is 14.8 Å². The maximum atomic E-state index is 13.7. The summed E-state index contributed by atoms with van der Waals surface area (Å²) < 4.78 is 10.6. The van der Waals surface area contributed by atoms with Crippen LogP contribution in [0.25, 0.3) is 0 Å². The molecule has 148 valence electrons. The Bertz CT molecular complexity index is 854. The Morgan fingerprint density at radius 2 is 2.04 bits per heavy atom. The van der Waals surface area contributed by atoms with Crippen molar-refractivity contribution in [2.75, 3.05) is 27.4 Å². The maximum Gasteiger partial charge on any atom is 0.325 e. The van der Waals surface area contributed by atoms with Crippen molar-refractivity contribution in [1.82, 2.24) is 10.2 Å². The zero-order chi connectivity index (χ0) is 19.9. The summed E-state index contributed by atoms with van der Waals surface area (Å²) >= 11 is 0. The number of methoxy groups -OCH3 is 2. The largest absolute Gasteiger partial charge is 0.383 e. The van der Waals surface area contributed by atoms with E-state index in [1.807, 2.05) is 6.07 Å². The summed E-state index contributed by atoms with van der Waals surface area (Å²) in [5, 5.41) is 12.5. The molecule has 0 bridgehead atoms. The first-order valence-electron chi connectivity index (χ1n) is 9.70. The number of rotatable bonds is 4. The van der Waals surface area contributed by atoms with Crippen LogP contribution in [0.3, 0.4) is 0 Å². The predicted octanol–water partition coefficient (Wildman–Crippen LogP) is 2.08. The van der Waals surface area contributed by atoms with Gasteiger partial charge in [-0.1, -0.05) is 6.07 Å². The standard InChI is InChI=1S/C21H25N3O4/c1-27-10-9-24-18(25)21(23-19(24)26)17-11-14(13-22)3-4-15(17)12-20(21)7-5-16(28-2)6-8-20/h3-4,11,16H,5-10,12H2,1-2H3,(H,23,26). The molecule has 1 saturated heterocycles. The van der Waals surface area contributed by atoms with Crippen LogP contribution in [0, 0.1) is 16.7 Å². The average Bonchev–Trinajstić information content (AvgIpc) is 3.12. The highest BCUT2D eigenvalue weighted by molar-refractivity contribution is 6.09. The fraction of sp³-hybridized carbons (Fsp3) is 0.571. The highest BCUT2D eigenvalue weighted by Gasteiger charge is 2.68. The lowest BCUT2D eigenvalue weighted by atomic mass is 9.61. The number of imide groups is 1. The molecule has 3 amide bonds. The van der Waals surface area contributed by atoms with Crippen LogP contribution in [0.1, 0.15) is 42.4 Å². The van der Waals surface area contributed by atoms with E-state index in [4.69, 9.17) is 9.47 Å². The minimum atomic E-state index is -1.11. The quantitative estimate of drug-likeness (QED) is 0.804. The van der Waals surface area contributed by atoms with Crippen LogP contribution in [-0.2, 0) is 26.2 Å². The minimum Gasteiger partial charge on any atom is -0.383 e. The van der Waals surface area contributed by atoms with Crippen molar-refractivity contribution in [3.05, 3.63) is 34.9 Å². The highest BCUT2D eigenvalue weighted by Crippen LogP contribution is 2.59. The Morgan fingerprint density at radius 1 is 1.29 bits per heavy atom. The molecule has 1 aromatic carbocycles. The Labute approximate surface area is 164 Å². The number of carbonyl (C=O) groups is 2. The zero-order valence-electron chi connectivity index (χ0n) is 16.3. The molecule has 28 heavy (non-hydrogen) atoms. The van der Waals surface area contributed by atoms with E-state index in [-0.39, 0.29) is 24.6 Å². The minimum absolute atomic E-state index is 0.179. The van der Waals surface area contributed by atoms with Gasteiger partial charge in [-0.25, -0.2) is 4.79 Å². The van der Waals surface area contributed by atoms with Crippen LogP contribution >= 0.6 is 0 Å². The third-order valence-electron chi connectivity index (χ3n) is 6.81. The van der Waals surface area contributed by atoms with E-state index < -0.39 is 11.0 Å². The molecule has 1 atom stereocenters. The van der Waals surface area contributed by atoms with Crippen LogP contribution in [0.5, 0.6) is 0 Å². The number of urea groups is 1. The summed E-state index contributed by atoms with van der Waals surface area (Å²) in [5.74, 6) is -0.223. The van der Waals surface area contributed by atoms with Crippen molar-refractivity contribution >= 4 is 11.9 Å². The Hall–Kier alpha value is -2.43. The van der Waals surface area contributed by atoms with Crippen molar-refractivity contribution in [2.24, 2.45) is 5.41 Å². The van der Waals surface area contributed by atoms with Gasteiger partial charge in [-0.15, -0.1) is 0 Å². The van der Waals surface area contributed by atoms with Gasteiger partial charge in [0.2, 0.25) is 0 Å². The normalized spacial score (nSPS) is 31.3. The molecule has 0 aromatic heterocycles. The molecule has 1 aliphatic heterocycles. The maximum absolute atomic E-state index is 13.7. The van der Waals surface area contributed by atoms with Gasteiger partial charge in [0, 0.05) is 19.6 Å². The van der Waals surface area contributed by atoms with Gasteiger partial charge in [-0.2, -0.15) is 5.26 Å². The van der Waals surface area contributed by atoms with Gasteiger partial charge in [0.25, 0.3) is 5.91 Å². The number of benzene rings is 1. The number of nitrogens with one attached hydrogen (secondary N) is 1. The molecule has 1 heterocycles. The monoisotopic (exact) mass is 383 g/mol. The number of carbonyl (C=O) groups excluding carboxylic acids is 2. The number of nitriles is 1.